The first kappa shape index (κ1) is 9.62. The molecule has 76 valence electrons. The zero-order chi connectivity index (χ0) is 10.2. The Bertz CT molecular complexity index is 317. The molecule has 14 heavy (non-hydrogen) atoms. The molecule has 3 heteroatoms. The van der Waals surface area contributed by atoms with Gasteiger partial charge in [-0.25, -0.2) is 4.39 Å². The summed E-state index contributed by atoms with van der Waals surface area (Å²) in [7, 11) is 0. The van der Waals surface area contributed by atoms with Gasteiger partial charge in [-0.05, 0) is 36.0 Å². The Kier molecular flexibility index (Phi) is 2.29. The minimum atomic E-state index is -0.203. The van der Waals surface area contributed by atoms with Crippen molar-refractivity contribution in [3.63, 3.8) is 0 Å². The minimum Gasteiger partial charge on any atom is -0.271 e. The second-order valence-corrected chi connectivity index (χ2v) is 4.31. The van der Waals surface area contributed by atoms with Gasteiger partial charge in [0.2, 0.25) is 0 Å². The molecule has 1 fully saturated rings. The van der Waals surface area contributed by atoms with E-state index in [9.17, 15) is 4.39 Å². The molecular formula is C11H15FN2. The maximum absolute atomic E-state index is 12.7. The van der Waals surface area contributed by atoms with Crippen molar-refractivity contribution in [2.75, 3.05) is 0 Å². The Balaban J connectivity index is 2.23. The number of rotatable bonds is 3. The molecule has 2 nitrogen and oxygen atoms in total. The van der Waals surface area contributed by atoms with Gasteiger partial charge in [0.1, 0.15) is 5.82 Å². The summed E-state index contributed by atoms with van der Waals surface area (Å²) in [6, 6.07) is 6.69. The van der Waals surface area contributed by atoms with Gasteiger partial charge in [0.05, 0.1) is 6.04 Å². The Hall–Kier alpha value is -0.930. The largest absolute Gasteiger partial charge is 0.271 e. The fraction of sp³-hybridized carbons (Fsp3) is 0.455. The predicted molar refractivity (Wildman–Crippen MR) is 53.8 cm³/mol. The summed E-state index contributed by atoms with van der Waals surface area (Å²) in [5.41, 5.74) is 4.14. The maximum Gasteiger partial charge on any atom is 0.123 e. The molecule has 0 spiro atoms. The van der Waals surface area contributed by atoms with Gasteiger partial charge in [-0.1, -0.05) is 19.1 Å². The van der Waals surface area contributed by atoms with Crippen LogP contribution in [0.5, 0.6) is 0 Å². The molecule has 1 aromatic carbocycles. The molecule has 0 radical (unpaired) electrons. The lowest BCUT2D eigenvalue weighted by atomic mass is 9.92. The number of hydrogen-bond acceptors (Lipinski definition) is 2. The lowest BCUT2D eigenvalue weighted by Gasteiger charge is -2.22. The number of hydrazine groups is 1. The average Bonchev–Trinajstić information content (AvgIpc) is 2.89. The number of benzene rings is 1. The molecule has 0 aromatic heterocycles. The Morgan fingerprint density at radius 2 is 1.93 bits per heavy atom. The van der Waals surface area contributed by atoms with Crippen LogP contribution in [0.1, 0.15) is 31.4 Å². The van der Waals surface area contributed by atoms with Gasteiger partial charge in [-0.3, -0.25) is 11.3 Å². The van der Waals surface area contributed by atoms with Crippen molar-refractivity contribution in [3.8, 4) is 0 Å². The Labute approximate surface area is 83.3 Å². The number of halogens is 1. The van der Waals surface area contributed by atoms with Crippen molar-refractivity contribution in [3.05, 3.63) is 35.6 Å². The van der Waals surface area contributed by atoms with Crippen molar-refractivity contribution in [1.29, 1.82) is 0 Å². The third-order valence-corrected chi connectivity index (χ3v) is 3.11. The van der Waals surface area contributed by atoms with Gasteiger partial charge < -0.3 is 0 Å². The topological polar surface area (TPSA) is 38.0 Å². The first-order chi connectivity index (χ1) is 6.65. The van der Waals surface area contributed by atoms with Crippen LogP contribution in [-0.4, -0.2) is 0 Å². The monoisotopic (exact) mass is 194 g/mol. The highest BCUT2D eigenvalue weighted by Crippen LogP contribution is 2.54. The molecule has 1 saturated carbocycles. The Morgan fingerprint density at radius 1 is 1.36 bits per heavy atom. The molecule has 1 unspecified atom stereocenters. The van der Waals surface area contributed by atoms with Crippen molar-refractivity contribution in [1.82, 2.24) is 5.43 Å². The summed E-state index contributed by atoms with van der Waals surface area (Å²) >= 11 is 0. The normalized spacial score (nSPS) is 20.5. The lowest BCUT2D eigenvalue weighted by molar-refractivity contribution is 0.372. The first-order valence-corrected chi connectivity index (χ1v) is 4.87. The summed E-state index contributed by atoms with van der Waals surface area (Å²) in [6.07, 6.45) is 2.36. The van der Waals surface area contributed by atoms with E-state index in [0.29, 0.717) is 0 Å². The zero-order valence-electron chi connectivity index (χ0n) is 8.26. The third-order valence-electron chi connectivity index (χ3n) is 3.11. The number of hydrogen-bond donors (Lipinski definition) is 2. The molecule has 1 aliphatic carbocycles. The van der Waals surface area contributed by atoms with Crippen LogP contribution in [0.2, 0.25) is 0 Å². The second-order valence-electron chi connectivity index (χ2n) is 4.31. The van der Waals surface area contributed by atoms with E-state index < -0.39 is 0 Å². The van der Waals surface area contributed by atoms with Crippen molar-refractivity contribution >= 4 is 0 Å². The van der Waals surface area contributed by atoms with E-state index in [1.54, 1.807) is 12.1 Å². The van der Waals surface area contributed by atoms with Crippen LogP contribution in [0.4, 0.5) is 4.39 Å². The molecule has 3 N–H and O–H groups in total. The lowest BCUT2D eigenvalue weighted by Crippen LogP contribution is -2.33. The molecule has 0 aliphatic heterocycles. The van der Waals surface area contributed by atoms with Crippen LogP contribution in [-0.2, 0) is 0 Å². The fourth-order valence-electron chi connectivity index (χ4n) is 1.84. The van der Waals surface area contributed by atoms with E-state index >= 15 is 0 Å². The molecule has 1 aliphatic rings. The molecule has 0 saturated heterocycles. The van der Waals surface area contributed by atoms with Crippen LogP contribution in [0.3, 0.4) is 0 Å². The maximum atomic E-state index is 12.7. The summed E-state index contributed by atoms with van der Waals surface area (Å²) < 4.78 is 12.7. The van der Waals surface area contributed by atoms with Crippen molar-refractivity contribution in [2.24, 2.45) is 11.3 Å². The molecule has 0 bridgehead atoms. The smallest absolute Gasteiger partial charge is 0.123 e. The van der Waals surface area contributed by atoms with E-state index in [1.165, 1.54) is 25.0 Å². The van der Waals surface area contributed by atoms with Crippen molar-refractivity contribution < 1.29 is 4.39 Å². The summed E-state index contributed by atoms with van der Waals surface area (Å²) in [4.78, 5) is 0. The Morgan fingerprint density at radius 3 is 2.36 bits per heavy atom. The summed E-state index contributed by atoms with van der Waals surface area (Å²) in [5.74, 6) is 5.32. The van der Waals surface area contributed by atoms with Crippen molar-refractivity contribution in [2.45, 2.75) is 25.8 Å². The standard InChI is InChI=1S/C11H15FN2/c1-11(6-7-11)10(14-13)8-2-4-9(12)5-3-8/h2-5,10,14H,6-7,13H2,1H3. The predicted octanol–water partition coefficient (Wildman–Crippen LogP) is 2.13. The fourth-order valence-corrected chi connectivity index (χ4v) is 1.84. The van der Waals surface area contributed by atoms with Gasteiger partial charge >= 0.3 is 0 Å². The van der Waals surface area contributed by atoms with E-state index in [-0.39, 0.29) is 17.3 Å². The average molecular weight is 194 g/mol. The van der Waals surface area contributed by atoms with Gasteiger partial charge in [0, 0.05) is 0 Å². The molecule has 1 atom stereocenters. The third kappa shape index (κ3) is 1.65. The second kappa shape index (κ2) is 3.33. The van der Waals surface area contributed by atoms with Crippen LogP contribution in [0.15, 0.2) is 24.3 Å². The van der Waals surface area contributed by atoms with Gasteiger partial charge in [-0.2, -0.15) is 0 Å². The highest BCUT2D eigenvalue weighted by molar-refractivity contribution is 5.23. The molecule has 1 aromatic rings. The first-order valence-electron chi connectivity index (χ1n) is 4.87. The highest BCUT2D eigenvalue weighted by atomic mass is 19.1. The molecule has 0 heterocycles. The van der Waals surface area contributed by atoms with Gasteiger partial charge in [0.15, 0.2) is 0 Å². The number of nitrogens with two attached hydrogens (primary N) is 1. The summed E-state index contributed by atoms with van der Waals surface area (Å²) in [6.45, 7) is 2.20. The quantitative estimate of drug-likeness (QED) is 0.571. The minimum absolute atomic E-state index is 0.142. The van der Waals surface area contributed by atoms with E-state index in [4.69, 9.17) is 5.84 Å². The zero-order valence-corrected chi connectivity index (χ0v) is 8.26. The highest BCUT2D eigenvalue weighted by Gasteiger charge is 2.45. The number of nitrogens with one attached hydrogen (secondary N) is 1. The van der Waals surface area contributed by atoms with Crippen LogP contribution in [0, 0.1) is 11.2 Å². The van der Waals surface area contributed by atoms with E-state index in [2.05, 4.69) is 12.3 Å². The van der Waals surface area contributed by atoms with E-state index in [0.717, 1.165) is 5.56 Å². The SMILES string of the molecule is CC1(C(NN)c2ccc(F)cc2)CC1. The van der Waals surface area contributed by atoms with Crippen LogP contribution >= 0.6 is 0 Å². The van der Waals surface area contributed by atoms with E-state index in [1.807, 2.05) is 0 Å². The molecular weight excluding hydrogens is 179 g/mol. The van der Waals surface area contributed by atoms with Gasteiger partial charge in [0.25, 0.3) is 0 Å². The van der Waals surface area contributed by atoms with Crippen LogP contribution < -0.4 is 11.3 Å². The van der Waals surface area contributed by atoms with Gasteiger partial charge in [-0.15, -0.1) is 0 Å². The molecule has 2 rings (SSSR count). The van der Waals surface area contributed by atoms with Crippen LogP contribution in [0.25, 0.3) is 0 Å². The summed E-state index contributed by atoms with van der Waals surface area (Å²) in [5, 5.41) is 0. The molecule has 0 amide bonds.